The molecule has 2 amide bonds. The molecule has 0 spiro atoms. The maximum Gasteiger partial charge on any atom is 0.317 e. The van der Waals surface area contributed by atoms with Crippen molar-refractivity contribution in [1.29, 1.82) is 0 Å². The Kier molecular flexibility index (Phi) is 6.87. The Morgan fingerprint density at radius 2 is 1.72 bits per heavy atom. The van der Waals surface area contributed by atoms with E-state index in [2.05, 4.69) is 19.2 Å². The van der Waals surface area contributed by atoms with Crippen LogP contribution in [-0.4, -0.2) is 31.1 Å². The summed E-state index contributed by atoms with van der Waals surface area (Å²) in [6.07, 6.45) is 0. The first-order chi connectivity index (χ1) is 12.0. The number of likely N-dealkylation sites (N-methyl/N-ethyl adjacent to an activating group) is 1. The minimum atomic E-state index is -0.0879. The highest BCUT2D eigenvalue weighted by molar-refractivity contribution is 5.74. The van der Waals surface area contributed by atoms with Crippen LogP contribution < -0.4 is 10.1 Å². The topological polar surface area (TPSA) is 41.6 Å². The van der Waals surface area contributed by atoms with Gasteiger partial charge in [0.25, 0.3) is 0 Å². The van der Waals surface area contributed by atoms with E-state index in [4.69, 9.17) is 4.74 Å². The number of amides is 2. The third kappa shape index (κ3) is 5.82. The van der Waals surface area contributed by atoms with Crippen LogP contribution in [0.2, 0.25) is 0 Å². The number of aryl methyl sites for hydroxylation is 1. The zero-order chi connectivity index (χ0) is 18.2. The second-order valence-electron chi connectivity index (χ2n) is 6.66. The summed E-state index contributed by atoms with van der Waals surface area (Å²) in [6.45, 7) is 7.25. The molecule has 4 nitrogen and oxygen atoms in total. The normalized spacial score (nSPS) is 11.9. The second kappa shape index (κ2) is 9.11. The number of urea groups is 1. The van der Waals surface area contributed by atoms with Gasteiger partial charge >= 0.3 is 6.03 Å². The molecule has 1 unspecified atom stereocenters. The molecule has 25 heavy (non-hydrogen) atoms. The molecule has 0 heterocycles. The average Bonchev–Trinajstić information content (AvgIpc) is 2.61. The van der Waals surface area contributed by atoms with Crippen molar-refractivity contribution in [1.82, 2.24) is 10.2 Å². The van der Waals surface area contributed by atoms with E-state index in [1.54, 1.807) is 11.9 Å². The second-order valence-corrected chi connectivity index (χ2v) is 6.66. The summed E-state index contributed by atoms with van der Waals surface area (Å²) in [5, 5.41) is 3.12. The molecule has 0 aliphatic heterocycles. The largest absolute Gasteiger partial charge is 0.492 e. The molecule has 0 saturated carbocycles. The molecule has 0 saturated heterocycles. The van der Waals surface area contributed by atoms with Crippen molar-refractivity contribution in [2.45, 2.75) is 26.8 Å². The number of benzene rings is 2. The predicted octanol–water partition coefficient (Wildman–Crippen LogP) is 4.41. The van der Waals surface area contributed by atoms with Gasteiger partial charge in [-0.25, -0.2) is 4.79 Å². The van der Waals surface area contributed by atoms with Crippen LogP contribution in [0.1, 0.15) is 31.0 Å². The highest BCUT2D eigenvalue weighted by Gasteiger charge is 2.19. The Morgan fingerprint density at radius 3 is 2.32 bits per heavy atom. The number of rotatable bonds is 7. The van der Waals surface area contributed by atoms with Crippen LogP contribution in [0.3, 0.4) is 0 Å². The number of carbonyl (C=O) groups is 1. The van der Waals surface area contributed by atoms with Crippen molar-refractivity contribution in [2.75, 3.05) is 20.2 Å². The van der Waals surface area contributed by atoms with Crippen molar-refractivity contribution in [3.8, 4) is 5.75 Å². The summed E-state index contributed by atoms with van der Waals surface area (Å²) in [6, 6.07) is 17.9. The van der Waals surface area contributed by atoms with Crippen LogP contribution in [0.25, 0.3) is 0 Å². The van der Waals surface area contributed by atoms with E-state index in [1.165, 1.54) is 5.56 Å². The maximum atomic E-state index is 12.5. The fraction of sp³-hybridized carbons (Fsp3) is 0.381. The average molecular weight is 340 g/mol. The summed E-state index contributed by atoms with van der Waals surface area (Å²) in [5.41, 5.74) is 2.32. The molecule has 0 aliphatic rings. The van der Waals surface area contributed by atoms with Crippen molar-refractivity contribution in [3.05, 3.63) is 65.7 Å². The molecule has 1 atom stereocenters. The summed E-state index contributed by atoms with van der Waals surface area (Å²) < 4.78 is 5.70. The van der Waals surface area contributed by atoms with Gasteiger partial charge in [0.15, 0.2) is 0 Å². The molecule has 2 rings (SSSR count). The number of carbonyl (C=O) groups excluding carboxylic acids is 1. The quantitative estimate of drug-likeness (QED) is 0.811. The van der Waals surface area contributed by atoms with E-state index in [0.29, 0.717) is 19.1 Å². The molecule has 0 aliphatic carbocycles. The SMILES string of the molecule is Cc1ccc(OCCN(C)C(=O)NC(c2ccccc2)C(C)C)cc1. The minimum Gasteiger partial charge on any atom is -0.492 e. The lowest BCUT2D eigenvalue weighted by Crippen LogP contribution is -2.42. The fourth-order valence-electron chi connectivity index (χ4n) is 2.57. The third-order valence-corrected chi connectivity index (χ3v) is 4.17. The maximum absolute atomic E-state index is 12.5. The summed E-state index contributed by atoms with van der Waals surface area (Å²) in [5.74, 6) is 1.13. The van der Waals surface area contributed by atoms with Crippen LogP contribution in [0, 0.1) is 12.8 Å². The van der Waals surface area contributed by atoms with Gasteiger partial charge in [0.05, 0.1) is 12.6 Å². The standard InChI is InChI=1S/C21H28N2O2/c1-16(2)20(18-8-6-5-7-9-18)22-21(24)23(4)14-15-25-19-12-10-17(3)11-13-19/h5-13,16,20H,14-15H2,1-4H3,(H,22,24). The van der Waals surface area contributed by atoms with Crippen LogP contribution in [0.5, 0.6) is 5.75 Å². The molecular formula is C21H28N2O2. The van der Waals surface area contributed by atoms with Crippen molar-refractivity contribution in [2.24, 2.45) is 5.92 Å². The van der Waals surface area contributed by atoms with E-state index in [0.717, 1.165) is 11.3 Å². The van der Waals surface area contributed by atoms with Gasteiger partial charge in [-0.05, 0) is 30.5 Å². The van der Waals surface area contributed by atoms with E-state index < -0.39 is 0 Å². The van der Waals surface area contributed by atoms with Gasteiger partial charge < -0.3 is 15.0 Å². The Labute approximate surface area is 150 Å². The van der Waals surface area contributed by atoms with Gasteiger partial charge in [-0.1, -0.05) is 61.9 Å². The van der Waals surface area contributed by atoms with Gasteiger partial charge in [0, 0.05) is 7.05 Å². The lowest BCUT2D eigenvalue weighted by atomic mass is 9.96. The van der Waals surface area contributed by atoms with Crippen molar-refractivity contribution in [3.63, 3.8) is 0 Å². The highest BCUT2D eigenvalue weighted by Crippen LogP contribution is 2.21. The lowest BCUT2D eigenvalue weighted by molar-refractivity contribution is 0.188. The van der Waals surface area contributed by atoms with Crippen LogP contribution in [-0.2, 0) is 0 Å². The molecule has 0 fully saturated rings. The Bertz CT molecular complexity index is 653. The molecule has 2 aromatic carbocycles. The van der Waals surface area contributed by atoms with Gasteiger partial charge in [0.1, 0.15) is 12.4 Å². The first-order valence-corrected chi connectivity index (χ1v) is 8.73. The van der Waals surface area contributed by atoms with E-state index in [9.17, 15) is 4.79 Å². The molecule has 0 bridgehead atoms. The van der Waals surface area contributed by atoms with Crippen molar-refractivity contribution < 1.29 is 9.53 Å². The van der Waals surface area contributed by atoms with E-state index >= 15 is 0 Å². The zero-order valence-electron chi connectivity index (χ0n) is 15.5. The first-order valence-electron chi connectivity index (χ1n) is 8.73. The molecular weight excluding hydrogens is 312 g/mol. The van der Waals surface area contributed by atoms with Crippen LogP contribution in [0.4, 0.5) is 4.79 Å². The fourth-order valence-corrected chi connectivity index (χ4v) is 2.57. The zero-order valence-corrected chi connectivity index (χ0v) is 15.5. The number of nitrogens with one attached hydrogen (secondary N) is 1. The Morgan fingerprint density at radius 1 is 1.08 bits per heavy atom. The van der Waals surface area contributed by atoms with Crippen LogP contribution in [0.15, 0.2) is 54.6 Å². The molecule has 1 N–H and O–H groups in total. The van der Waals surface area contributed by atoms with Crippen LogP contribution >= 0.6 is 0 Å². The monoisotopic (exact) mass is 340 g/mol. The smallest absolute Gasteiger partial charge is 0.317 e. The lowest BCUT2D eigenvalue weighted by Gasteiger charge is -2.26. The molecule has 0 aromatic heterocycles. The van der Waals surface area contributed by atoms with Gasteiger partial charge in [0.2, 0.25) is 0 Å². The summed E-state index contributed by atoms with van der Waals surface area (Å²) in [4.78, 5) is 14.1. The minimum absolute atomic E-state index is 0.00540. The van der Waals surface area contributed by atoms with Gasteiger partial charge in [-0.3, -0.25) is 0 Å². The van der Waals surface area contributed by atoms with E-state index in [1.807, 2.05) is 61.5 Å². The summed E-state index contributed by atoms with van der Waals surface area (Å²) >= 11 is 0. The van der Waals surface area contributed by atoms with Crippen molar-refractivity contribution >= 4 is 6.03 Å². The number of ether oxygens (including phenoxy) is 1. The Balaban J connectivity index is 1.85. The third-order valence-electron chi connectivity index (χ3n) is 4.17. The first kappa shape index (κ1) is 18.8. The van der Waals surface area contributed by atoms with E-state index in [-0.39, 0.29) is 12.1 Å². The highest BCUT2D eigenvalue weighted by atomic mass is 16.5. The molecule has 2 aromatic rings. The molecule has 4 heteroatoms. The van der Waals surface area contributed by atoms with Gasteiger partial charge in [-0.15, -0.1) is 0 Å². The molecule has 134 valence electrons. The number of hydrogen-bond donors (Lipinski definition) is 1. The Hall–Kier alpha value is -2.49. The predicted molar refractivity (Wildman–Crippen MR) is 102 cm³/mol. The number of nitrogens with zero attached hydrogens (tertiary/aromatic N) is 1. The molecule has 0 radical (unpaired) electrons. The summed E-state index contributed by atoms with van der Waals surface area (Å²) in [7, 11) is 1.79. The number of hydrogen-bond acceptors (Lipinski definition) is 2. The van der Waals surface area contributed by atoms with Gasteiger partial charge in [-0.2, -0.15) is 0 Å².